The first-order valence-corrected chi connectivity index (χ1v) is 7.74. The molecule has 24 heavy (non-hydrogen) atoms. The number of carboxylic acids is 1. The molecule has 0 spiro atoms. The minimum atomic E-state index is -1.02. The van der Waals surface area contributed by atoms with Gasteiger partial charge in [-0.3, -0.25) is 4.79 Å². The number of nitrogens with zero attached hydrogens (tertiary/aromatic N) is 2. The average Bonchev–Trinajstić information content (AvgIpc) is 3.14. The second-order valence-electron chi connectivity index (χ2n) is 6.05. The van der Waals surface area contributed by atoms with Crippen LogP contribution >= 0.6 is 0 Å². The van der Waals surface area contributed by atoms with E-state index >= 15 is 0 Å². The average molecular weight is 329 g/mol. The standard InChI is InChI=1S/C17H19N3O4/c1-11-14(15(21)22)10-18-20(11)13-6-3-5-12(9-13)19-16(23)17(2)7-4-8-24-17/h3,5-6,9-10H,4,7-8H2,1-2H3,(H,19,23)(H,21,22). The van der Waals surface area contributed by atoms with Crippen molar-refractivity contribution < 1.29 is 19.4 Å². The summed E-state index contributed by atoms with van der Waals surface area (Å²) in [5, 5.41) is 16.1. The second kappa shape index (κ2) is 6.09. The van der Waals surface area contributed by atoms with Crippen LogP contribution in [0.1, 0.15) is 35.8 Å². The Kier molecular flexibility index (Phi) is 4.11. The number of aromatic carboxylic acids is 1. The van der Waals surface area contributed by atoms with Gasteiger partial charge in [0.25, 0.3) is 5.91 Å². The molecule has 2 N–H and O–H groups in total. The molecule has 0 radical (unpaired) electrons. The van der Waals surface area contributed by atoms with Gasteiger partial charge < -0.3 is 15.2 Å². The van der Waals surface area contributed by atoms with Crippen molar-refractivity contribution in [3.05, 3.63) is 41.7 Å². The van der Waals surface area contributed by atoms with Gasteiger partial charge in [-0.05, 0) is 44.9 Å². The Hall–Kier alpha value is -2.67. The number of benzene rings is 1. The van der Waals surface area contributed by atoms with Crippen molar-refractivity contribution in [1.82, 2.24) is 9.78 Å². The van der Waals surface area contributed by atoms with Crippen molar-refractivity contribution in [2.45, 2.75) is 32.3 Å². The quantitative estimate of drug-likeness (QED) is 0.898. The lowest BCUT2D eigenvalue weighted by atomic mass is 10.0. The minimum absolute atomic E-state index is 0.149. The lowest BCUT2D eigenvalue weighted by Gasteiger charge is -2.22. The third kappa shape index (κ3) is 2.90. The molecule has 1 aromatic carbocycles. The molecule has 7 nitrogen and oxygen atoms in total. The predicted molar refractivity (Wildman–Crippen MR) is 87.5 cm³/mol. The number of carbonyl (C=O) groups excluding carboxylic acids is 1. The Morgan fingerprint density at radius 1 is 1.42 bits per heavy atom. The lowest BCUT2D eigenvalue weighted by Crippen LogP contribution is -2.39. The van der Waals surface area contributed by atoms with Crippen LogP contribution in [0.5, 0.6) is 0 Å². The van der Waals surface area contributed by atoms with Gasteiger partial charge in [0.05, 0.1) is 17.6 Å². The molecule has 2 aromatic rings. The summed E-state index contributed by atoms with van der Waals surface area (Å²) in [7, 11) is 0. The first-order chi connectivity index (χ1) is 11.4. The summed E-state index contributed by atoms with van der Waals surface area (Å²) in [6.07, 6.45) is 2.88. The Labute approximate surface area is 139 Å². The number of nitrogens with one attached hydrogen (secondary N) is 1. The van der Waals surface area contributed by atoms with Gasteiger partial charge >= 0.3 is 5.97 Å². The molecular weight excluding hydrogens is 310 g/mol. The second-order valence-corrected chi connectivity index (χ2v) is 6.05. The summed E-state index contributed by atoms with van der Waals surface area (Å²) in [5.74, 6) is -1.20. The fraction of sp³-hybridized carbons (Fsp3) is 0.353. The molecule has 1 unspecified atom stereocenters. The highest BCUT2D eigenvalue weighted by Gasteiger charge is 2.37. The summed E-state index contributed by atoms with van der Waals surface area (Å²) in [4.78, 5) is 23.5. The molecule has 2 heterocycles. The van der Waals surface area contributed by atoms with Crippen LogP contribution < -0.4 is 5.32 Å². The highest BCUT2D eigenvalue weighted by Crippen LogP contribution is 2.27. The van der Waals surface area contributed by atoms with Gasteiger partial charge in [-0.15, -0.1) is 0 Å². The van der Waals surface area contributed by atoms with Crippen LogP contribution in [0.4, 0.5) is 5.69 Å². The largest absolute Gasteiger partial charge is 0.478 e. The highest BCUT2D eigenvalue weighted by molar-refractivity contribution is 5.97. The van der Waals surface area contributed by atoms with Crippen molar-refractivity contribution in [3.8, 4) is 5.69 Å². The number of carboxylic acid groups (broad SMARTS) is 1. The SMILES string of the molecule is Cc1c(C(=O)O)cnn1-c1cccc(NC(=O)C2(C)CCCO2)c1. The van der Waals surface area contributed by atoms with Crippen molar-refractivity contribution in [3.63, 3.8) is 0 Å². The minimum Gasteiger partial charge on any atom is -0.478 e. The number of rotatable bonds is 4. The van der Waals surface area contributed by atoms with Gasteiger partial charge in [0.15, 0.2) is 0 Å². The number of hydrogen-bond acceptors (Lipinski definition) is 4. The Bertz CT molecular complexity index is 791. The van der Waals surface area contributed by atoms with Crippen LogP contribution in [0.3, 0.4) is 0 Å². The molecule has 1 aromatic heterocycles. The van der Waals surface area contributed by atoms with Gasteiger partial charge in [0.2, 0.25) is 0 Å². The van der Waals surface area contributed by atoms with Gasteiger partial charge in [-0.1, -0.05) is 6.07 Å². The normalized spacial score (nSPS) is 20.1. The maximum Gasteiger partial charge on any atom is 0.339 e. The number of carbonyl (C=O) groups is 2. The summed E-state index contributed by atoms with van der Waals surface area (Å²) < 4.78 is 7.08. The smallest absolute Gasteiger partial charge is 0.339 e. The van der Waals surface area contributed by atoms with E-state index in [4.69, 9.17) is 9.84 Å². The summed E-state index contributed by atoms with van der Waals surface area (Å²) in [6, 6.07) is 7.11. The Balaban J connectivity index is 1.84. The molecule has 1 amide bonds. The molecule has 1 atom stereocenters. The molecule has 7 heteroatoms. The van der Waals surface area contributed by atoms with Crippen LogP contribution in [-0.2, 0) is 9.53 Å². The zero-order valence-electron chi connectivity index (χ0n) is 13.6. The molecule has 0 bridgehead atoms. The molecule has 0 saturated carbocycles. The predicted octanol–water partition coefficient (Wildman–Crippen LogP) is 2.39. The third-order valence-electron chi connectivity index (χ3n) is 4.29. The van der Waals surface area contributed by atoms with Gasteiger partial charge in [0.1, 0.15) is 11.2 Å². The molecule has 1 aliphatic rings. The van der Waals surface area contributed by atoms with E-state index in [0.29, 0.717) is 30.1 Å². The third-order valence-corrected chi connectivity index (χ3v) is 4.29. The number of anilines is 1. The lowest BCUT2D eigenvalue weighted by molar-refractivity contribution is -0.133. The van der Waals surface area contributed by atoms with Gasteiger partial charge in [-0.25, -0.2) is 9.48 Å². The Morgan fingerprint density at radius 3 is 2.83 bits per heavy atom. The first kappa shape index (κ1) is 16.2. The van der Waals surface area contributed by atoms with E-state index < -0.39 is 11.6 Å². The van der Waals surface area contributed by atoms with Crippen LogP contribution in [0, 0.1) is 6.92 Å². The van der Waals surface area contributed by atoms with Crippen LogP contribution in [0.25, 0.3) is 5.69 Å². The monoisotopic (exact) mass is 329 g/mol. The number of amides is 1. The van der Waals surface area contributed by atoms with E-state index in [1.54, 1.807) is 38.1 Å². The number of ether oxygens (including phenoxy) is 1. The van der Waals surface area contributed by atoms with Gasteiger partial charge in [-0.2, -0.15) is 5.10 Å². The van der Waals surface area contributed by atoms with E-state index in [2.05, 4.69) is 10.4 Å². The summed E-state index contributed by atoms with van der Waals surface area (Å²) in [6.45, 7) is 4.07. The first-order valence-electron chi connectivity index (χ1n) is 7.74. The zero-order valence-corrected chi connectivity index (χ0v) is 13.6. The van der Waals surface area contributed by atoms with Crippen molar-refractivity contribution in [2.24, 2.45) is 0 Å². The van der Waals surface area contributed by atoms with E-state index in [-0.39, 0.29) is 11.5 Å². The fourth-order valence-electron chi connectivity index (χ4n) is 2.82. The van der Waals surface area contributed by atoms with Gasteiger partial charge in [0, 0.05) is 12.3 Å². The molecule has 1 aliphatic heterocycles. The van der Waals surface area contributed by atoms with Crippen molar-refractivity contribution in [2.75, 3.05) is 11.9 Å². The molecule has 126 valence electrons. The number of aromatic nitrogens is 2. The van der Waals surface area contributed by atoms with Crippen molar-refractivity contribution in [1.29, 1.82) is 0 Å². The summed E-state index contributed by atoms with van der Waals surface area (Å²) >= 11 is 0. The van der Waals surface area contributed by atoms with Crippen LogP contribution in [0.2, 0.25) is 0 Å². The highest BCUT2D eigenvalue weighted by atomic mass is 16.5. The van der Waals surface area contributed by atoms with Crippen LogP contribution in [-0.4, -0.2) is 39.0 Å². The fourth-order valence-corrected chi connectivity index (χ4v) is 2.82. The summed E-state index contributed by atoms with van der Waals surface area (Å²) in [5.41, 5.74) is 1.17. The topological polar surface area (TPSA) is 93.5 Å². The maximum atomic E-state index is 12.4. The van der Waals surface area contributed by atoms with E-state index in [0.717, 1.165) is 6.42 Å². The molecule has 3 rings (SSSR count). The maximum absolute atomic E-state index is 12.4. The molecular formula is C17H19N3O4. The van der Waals surface area contributed by atoms with E-state index in [1.807, 2.05) is 0 Å². The van der Waals surface area contributed by atoms with Crippen molar-refractivity contribution >= 4 is 17.6 Å². The molecule has 1 saturated heterocycles. The van der Waals surface area contributed by atoms with E-state index in [9.17, 15) is 9.59 Å². The zero-order chi connectivity index (χ0) is 17.3. The molecule has 0 aliphatic carbocycles. The number of hydrogen-bond donors (Lipinski definition) is 2. The molecule has 1 fully saturated rings. The van der Waals surface area contributed by atoms with Crippen LogP contribution in [0.15, 0.2) is 30.5 Å². The Morgan fingerprint density at radius 2 is 2.21 bits per heavy atom. The van der Waals surface area contributed by atoms with E-state index in [1.165, 1.54) is 10.9 Å².